The summed E-state index contributed by atoms with van der Waals surface area (Å²) in [5, 5.41) is 8.04. The van der Waals surface area contributed by atoms with E-state index in [4.69, 9.17) is 16.3 Å². The van der Waals surface area contributed by atoms with Crippen molar-refractivity contribution in [2.45, 2.75) is 12.5 Å². The monoisotopic (exact) mass is 119 g/mol. The second kappa shape index (κ2) is 3.20. The number of halogens is 1. The first-order valence-corrected chi connectivity index (χ1v) is 4.72. The topological polar surface area (TPSA) is 23.8 Å². The van der Waals surface area contributed by atoms with Gasteiger partial charge in [-0.15, -0.1) is 0 Å². The van der Waals surface area contributed by atoms with Gasteiger partial charge in [0.15, 0.2) is 0 Å². The zero-order valence-corrected chi connectivity index (χ0v) is 5.78. The van der Waals surface area contributed by atoms with Crippen LogP contribution in [0.1, 0.15) is 6.92 Å². The van der Waals surface area contributed by atoms with Gasteiger partial charge in [-0.1, -0.05) is 6.92 Å². The highest BCUT2D eigenvalue weighted by atomic mass is 35.6. The molecule has 0 aliphatic rings. The zero-order chi connectivity index (χ0) is 4.99. The van der Waals surface area contributed by atoms with E-state index in [-0.39, 0.29) is 5.54 Å². The van der Waals surface area contributed by atoms with Gasteiger partial charge in [0.2, 0.25) is 0 Å². The fourth-order valence-corrected chi connectivity index (χ4v) is 0.311. The summed E-state index contributed by atoms with van der Waals surface area (Å²) in [6, 6.07) is 2.04. The van der Waals surface area contributed by atoms with Crippen LogP contribution in [0.4, 0.5) is 0 Å². The second-order valence-corrected chi connectivity index (χ2v) is 3.64. The molecule has 0 aromatic heterocycles. The minimum absolute atomic E-state index is 0.145. The Balaban J connectivity index is 3.04. The molecule has 1 unspecified atom stereocenters. The number of nitriles is 1. The molecule has 0 fully saturated rings. The average Bonchev–Trinajstić information content (AvgIpc) is 1.65. The molecule has 3 heteroatoms. The largest absolute Gasteiger partial charge is 0.198 e. The molecular formula is C3H6ClNSi. The molecule has 0 N–H and O–H groups in total. The molecule has 0 saturated carbocycles. The zero-order valence-electron chi connectivity index (χ0n) is 3.61. The summed E-state index contributed by atoms with van der Waals surface area (Å²) < 4.78 is 0. The van der Waals surface area contributed by atoms with Crippen molar-refractivity contribution in [2.24, 2.45) is 0 Å². The van der Waals surface area contributed by atoms with E-state index in [1.807, 2.05) is 13.0 Å². The van der Waals surface area contributed by atoms with Gasteiger partial charge in [0, 0.05) is 5.54 Å². The van der Waals surface area contributed by atoms with E-state index >= 15 is 0 Å². The summed E-state index contributed by atoms with van der Waals surface area (Å²) in [4.78, 5) is 0. The normalized spacial score (nSPS) is 14.8. The van der Waals surface area contributed by atoms with E-state index in [0.717, 1.165) is 0 Å². The Morgan fingerprint density at radius 2 is 2.50 bits per heavy atom. The molecule has 0 aromatic carbocycles. The first-order chi connectivity index (χ1) is 2.81. The Bertz CT molecular complexity index is 67.7. The number of rotatable bonds is 1. The van der Waals surface area contributed by atoms with Crippen molar-refractivity contribution in [2.75, 3.05) is 0 Å². The lowest BCUT2D eigenvalue weighted by Crippen LogP contribution is -1.84. The third kappa shape index (κ3) is 2.25. The molecule has 1 atom stereocenters. The van der Waals surface area contributed by atoms with Crippen molar-refractivity contribution in [1.29, 1.82) is 5.26 Å². The molecule has 0 spiro atoms. The fraction of sp³-hybridized carbons (Fsp3) is 0.667. The van der Waals surface area contributed by atoms with Crippen molar-refractivity contribution < 1.29 is 0 Å². The predicted octanol–water partition coefficient (Wildman–Crippen LogP) is 0.641. The van der Waals surface area contributed by atoms with E-state index < -0.39 is 8.83 Å². The van der Waals surface area contributed by atoms with E-state index in [1.165, 1.54) is 0 Å². The minimum Gasteiger partial charge on any atom is -0.198 e. The van der Waals surface area contributed by atoms with E-state index in [9.17, 15) is 0 Å². The molecule has 0 aliphatic heterocycles. The molecule has 34 valence electrons. The van der Waals surface area contributed by atoms with Gasteiger partial charge in [0.1, 0.15) is 8.83 Å². The molecule has 0 amide bonds. The third-order valence-electron chi connectivity index (χ3n) is 0.452. The van der Waals surface area contributed by atoms with Crippen molar-refractivity contribution in [3.8, 4) is 6.07 Å². The predicted molar refractivity (Wildman–Crippen MR) is 29.4 cm³/mol. The Hall–Kier alpha value is -0.00312. The first kappa shape index (κ1) is 6.00. The molecule has 0 aromatic rings. The Labute approximate surface area is 44.4 Å². The maximum absolute atomic E-state index is 8.04. The molecule has 1 nitrogen and oxygen atoms in total. The van der Waals surface area contributed by atoms with E-state index in [0.29, 0.717) is 0 Å². The number of nitrogens with zero attached hydrogens (tertiary/aromatic N) is 1. The van der Waals surface area contributed by atoms with Crippen LogP contribution in [0.15, 0.2) is 0 Å². The maximum Gasteiger partial charge on any atom is 0.142 e. The number of hydrogen-bond donors (Lipinski definition) is 0. The highest BCUT2D eigenvalue weighted by Crippen LogP contribution is 1.97. The third-order valence-corrected chi connectivity index (χ3v) is 2.49. The van der Waals surface area contributed by atoms with Crippen LogP contribution in [0.3, 0.4) is 0 Å². The Kier molecular flexibility index (Phi) is 3.20. The SMILES string of the molecule is CC(C#N)[SiH2]Cl. The quantitative estimate of drug-likeness (QED) is 0.367. The van der Waals surface area contributed by atoms with Gasteiger partial charge in [-0.25, -0.2) is 0 Å². The second-order valence-electron chi connectivity index (χ2n) is 1.18. The Morgan fingerprint density at radius 3 is 2.50 bits per heavy atom. The van der Waals surface area contributed by atoms with E-state index in [2.05, 4.69) is 0 Å². The van der Waals surface area contributed by atoms with Crippen LogP contribution in [0, 0.1) is 11.3 Å². The van der Waals surface area contributed by atoms with Crippen LogP contribution < -0.4 is 0 Å². The average molecular weight is 120 g/mol. The minimum atomic E-state index is -0.551. The van der Waals surface area contributed by atoms with Crippen molar-refractivity contribution in [3.63, 3.8) is 0 Å². The van der Waals surface area contributed by atoms with Crippen LogP contribution in [0.2, 0.25) is 5.54 Å². The smallest absolute Gasteiger partial charge is 0.142 e. The van der Waals surface area contributed by atoms with Crippen LogP contribution in [0.25, 0.3) is 0 Å². The molecule has 0 aliphatic carbocycles. The van der Waals surface area contributed by atoms with E-state index in [1.54, 1.807) is 0 Å². The first-order valence-electron chi connectivity index (χ1n) is 1.77. The molecule has 6 heavy (non-hydrogen) atoms. The van der Waals surface area contributed by atoms with Crippen molar-refractivity contribution in [3.05, 3.63) is 0 Å². The van der Waals surface area contributed by atoms with Gasteiger partial charge < -0.3 is 0 Å². The van der Waals surface area contributed by atoms with Gasteiger partial charge in [0.05, 0.1) is 6.07 Å². The summed E-state index contributed by atoms with van der Waals surface area (Å²) in [5.74, 6) is 0. The van der Waals surface area contributed by atoms with Gasteiger partial charge >= 0.3 is 0 Å². The maximum atomic E-state index is 8.04. The van der Waals surface area contributed by atoms with Gasteiger partial charge in [-0.3, -0.25) is 0 Å². The number of hydrogen-bond acceptors (Lipinski definition) is 1. The summed E-state index contributed by atoms with van der Waals surface area (Å²) >= 11 is 5.37. The lowest BCUT2D eigenvalue weighted by Gasteiger charge is -1.83. The molecule has 0 saturated heterocycles. The summed E-state index contributed by atoms with van der Waals surface area (Å²) in [7, 11) is -0.551. The summed E-state index contributed by atoms with van der Waals surface area (Å²) in [5.41, 5.74) is 0.145. The molecule has 0 bridgehead atoms. The Morgan fingerprint density at radius 1 is 2.00 bits per heavy atom. The lowest BCUT2D eigenvalue weighted by atomic mass is 10.5. The van der Waals surface area contributed by atoms with Crippen LogP contribution in [-0.2, 0) is 0 Å². The lowest BCUT2D eigenvalue weighted by molar-refractivity contribution is 1.20. The van der Waals surface area contributed by atoms with Gasteiger partial charge in [0.25, 0.3) is 0 Å². The molecule has 0 radical (unpaired) electrons. The standard InChI is InChI=1S/C3H6ClNSi/c1-3(2-5)6-4/h3H,6H2,1H3. The molecule has 0 heterocycles. The van der Waals surface area contributed by atoms with Crippen molar-refractivity contribution in [1.82, 2.24) is 0 Å². The van der Waals surface area contributed by atoms with Crippen LogP contribution in [0.5, 0.6) is 0 Å². The van der Waals surface area contributed by atoms with Crippen LogP contribution >= 0.6 is 11.1 Å². The van der Waals surface area contributed by atoms with Gasteiger partial charge in [-0.05, 0) is 0 Å². The highest BCUT2D eigenvalue weighted by Gasteiger charge is 1.92. The fourth-order valence-electron chi connectivity index (χ4n) is 0.0345. The van der Waals surface area contributed by atoms with Crippen LogP contribution in [-0.4, -0.2) is 8.83 Å². The summed E-state index contributed by atoms with van der Waals surface area (Å²) in [6.45, 7) is 1.85. The highest BCUT2D eigenvalue weighted by molar-refractivity contribution is 6.94. The van der Waals surface area contributed by atoms with Gasteiger partial charge in [-0.2, -0.15) is 16.3 Å². The summed E-state index contributed by atoms with van der Waals surface area (Å²) in [6.07, 6.45) is 0. The van der Waals surface area contributed by atoms with Crippen molar-refractivity contribution >= 4 is 19.9 Å². The molecule has 0 rings (SSSR count). The molecular weight excluding hydrogens is 114 g/mol.